The van der Waals surface area contributed by atoms with Crippen molar-refractivity contribution in [2.45, 2.75) is 49.4 Å². The molecule has 4 nitrogen and oxygen atoms in total. The first-order valence-electron chi connectivity index (χ1n) is 10.8. The summed E-state index contributed by atoms with van der Waals surface area (Å²) in [5.41, 5.74) is 0.760. The second-order valence-corrected chi connectivity index (χ2v) is 10.7. The van der Waals surface area contributed by atoms with Gasteiger partial charge < -0.3 is 5.11 Å². The number of rotatable bonds is 5. The van der Waals surface area contributed by atoms with E-state index in [0.29, 0.717) is 29.2 Å². The topological polar surface area (TPSA) is 57.6 Å². The second-order valence-electron chi connectivity index (χ2n) is 8.50. The maximum atomic E-state index is 14.2. The largest absolute Gasteiger partial charge is 0.416 e. The Kier molecular flexibility index (Phi) is 6.87. The summed E-state index contributed by atoms with van der Waals surface area (Å²) in [6.07, 6.45) is -4.96. The van der Waals surface area contributed by atoms with Crippen LogP contribution in [0.4, 0.5) is 23.2 Å². The molecule has 0 radical (unpaired) electrons. The first kappa shape index (κ1) is 25.5. The number of aliphatic hydroxyl groups excluding tert-OH is 1. The van der Waals surface area contributed by atoms with E-state index in [1.807, 2.05) is 0 Å². The first-order valence-corrected chi connectivity index (χ1v) is 12.7. The predicted octanol–water partition coefficient (Wildman–Crippen LogP) is 5.78. The molecule has 0 amide bonds. The zero-order valence-corrected chi connectivity index (χ0v) is 20.1. The van der Waals surface area contributed by atoms with Crippen LogP contribution in [-0.4, -0.2) is 25.7 Å². The van der Waals surface area contributed by atoms with Crippen LogP contribution in [0.3, 0.4) is 0 Å². The van der Waals surface area contributed by atoms with Crippen molar-refractivity contribution in [2.75, 3.05) is 4.31 Å². The quantitative estimate of drug-likeness (QED) is 0.428. The number of aryl methyl sites for hydroxylation is 1. The zero-order chi connectivity index (χ0) is 25.5. The molecule has 4 rings (SSSR count). The molecule has 0 spiro atoms. The molecule has 0 fully saturated rings. The fourth-order valence-electron chi connectivity index (χ4n) is 4.25. The number of hydrogen-bond donors (Lipinski definition) is 1. The molecule has 0 aliphatic carbocycles. The van der Waals surface area contributed by atoms with Gasteiger partial charge >= 0.3 is 6.18 Å². The van der Waals surface area contributed by atoms with Gasteiger partial charge in [0.15, 0.2) is 0 Å². The molecule has 1 heterocycles. The minimum absolute atomic E-state index is 0.185. The summed E-state index contributed by atoms with van der Waals surface area (Å²) in [5.74, 6) is -0.444. The molecule has 10 heteroatoms. The summed E-state index contributed by atoms with van der Waals surface area (Å²) in [6.45, 7) is 1.50. The van der Waals surface area contributed by atoms with Crippen LogP contribution in [0, 0.1) is 5.82 Å². The van der Waals surface area contributed by atoms with Crippen LogP contribution in [-0.2, 0) is 35.5 Å². The number of fused-ring (bicyclic) bond motifs is 1. The Morgan fingerprint density at radius 3 is 2.46 bits per heavy atom. The highest BCUT2D eigenvalue weighted by molar-refractivity contribution is 7.92. The second kappa shape index (κ2) is 9.44. The predicted molar refractivity (Wildman–Crippen MR) is 126 cm³/mol. The Hall–Kier alpha value is -2.62. The van der Waals surface area contributed by atoms with Crippen LogP contribution in [0.15, 0.2) is 65.6 Å². The van der Waals surface area contributed by atoms with Crippen LogP contribution >= 0.6 is 11.6 Å². The number of hydrogen-bond acceptors (Lipinski definition) is 3. The number of benzene rings is 3. The van der Waals surface area contributed by atoms with Gasteiger partial charge in [-0.2, -0.15) is 13.2 Å². The number of anilines is 1. The highest BCUT2D eigenvalue weighted by Gasteiger charge is 2.39. The monoisotopic (exact) mass is 527 g/mol. The summed E-state index contributed by atoms with van der Waals surface area (Å²) < 4.78 is 81.9. The van der Waals surface area contributed by atoms with E-state index in [1.54, 1.807) is 24.3 Å². The molecular formula is C25H22ClF4NO3S. The average Bonchev–Trinajstić information content (AvgIpc) is 2.79. The van der Waals surface area contributed by atoms with E-state index in [1.165, 1.54) is 19.1 Å². The van der Waals surface area contributed by atoms with Crippen LogP contribution in [0.5, 0.6) is 0 Å². The Balaban J connectivity index is 1.73. The van der Waals surface area contributed by atoms with E-state index in [4.69, 9.17) is 11.6 Å². The molecule has 0 saturated heterocycles. The Morgan fingerprint density at radius 2 is 1.77 bits per heavy atom. The van der Waals surface area contributed by atoms with Crippen molar-refractivity contribution in [1.29, 1.82) is 0 Å². The van der Waals surface area contributed by atoms with Gasteiger partial charge in [0.1, 0.15) is 5.82 Å². The zero-order valence-electron chi connectivity index (χ0n) is 18.6. The molecule has 2 atom stereocenters. The van der Waals surface area contributed by atoms with Gasteiger partial charge in [-0.25, -0.2) is 12.8 Å². The van der Waals surface area contributed by atoms with Crippen molar-refractivity contribution < 1.29 is 31.1 Å². The van der Waals surface area contributed by atoms with Gasteiger partial charge in [0.25, 0.3) is 10.0 Å². The minimum atomic E-state index is -4.71. The summed E-state index contributed by atoms with van der Waals surface area (Å²) in [5, 5.41) is 10.8. The molecule has 3 aromatic rings. The standard InChI is InChI=1S/C25H22ClF4NO3S/c1-15-24(32)13-17-10-8-16(9-11-20-21(26)6-3-7-22(20)27)12-23(17)31(15)35(33,34)19-5-2-4-18(14-19)25(28,29)30/h2-8,10,12,14-15,24,32H,9,11,13H2,1H3/t15-,24+/m1/s1. The maximum Gasteiger partial charge on any atom is 0.416 e. The van der Waals surface area contributed by atoms with E-state index in [0.717, 1.165) is 22.5 Å². The van der Waals surface area contributed by atoms with Crippen LogP contribution in [0.2, 0.25) is 5.02 Å². The van der Waals surface area contributed by atoms with Crippen LogP contribution in [0.25, 0.3) is 0 Å². The van der Waals surface area contributed by atoms with Crippen LogP contribution < -0.4 is 4.31 Å². The molecule has 186 valence electrons. The van der Waals surface area contributed by atoms with E-state index >= 15 is 0 Å². The molecule has 0 aromatic heterocycles. The maximum absolute atomic E-state index is 14.2. The normalized spacial score (nSPS) is 18.4. The summed E-state index contributed by atoms with van der Waals surface area (Å²) in [4.78, 5) is -0.525. The number of nitrogens with zero attached hydrogens (tertiary/aromatic N) is 1. The van der Waals surface area contributed by atoms with Gasteiger partial charge in [-0.3, -0.25) is 4.31 Å². The fourth-order valence-corrected chi connectivity index (χ4v) is 6.27. The van der Waals surface area contributed by atoms with Crippen molar-refractivity contribution in [1.82, 2.24) is 0 Å². The van der Waals surface area contributed by atoms with Crippen molar-refractivity contribution in [3.63, 3.8) is 0 Å². The third-order valence-corrected chi connectivity index (χ3v) is 8.44. The van der Waals surface area contributed by atoms with Gasteiger partial charge in [-0.1, -0.05) is 35.9 Å². The molecule has 0 unspecified atom stereocenters. The molecule has 35 heavy (non-hydrogen) atoms. The summed E-state index contributed by atoms with van der Waals surface area (Å²) >= 11 is 6.11. The molecular weight excluding hydrogens is 506 g/mol. The summed E-state index contributed by atoms with van der Waals surface area (Å²) in [7, 11) is -4.45. The lowest BCUT2D eigenvalue weighted by Crippen LogP contribution is -2.49. The molecule has 1 aliphatic rings. The van der Waals surface area contributed by atoms with E-state index < -0.39 is 44.6 Å². The Bertz CT molecular complexity index is 1340. The highest BCUT2D eigenvalue weighted by Crippen LogP contribution is 2.38. The molecule has 0 bridgehead atoms. The first-order chi connectivity index (χ1) is 16.4. The Labute approximate surface area is 205 Å². The molecule has 1 aliphatic heterocycles. The van der Waals surface area contributed by atoms with Crippen LogP contribution in [0.1, 0.15) is 29.2 Å². The summed E-state index contributed by atoms with van der Waals surface area (Å²) in [6, 6.07) is 12.1. The van der Waals surface area contributed by atoms with E-state index in [2.05, 4.69) is 0 Å². The molecule has 3 aromatic carbocycles. The van der Waals surface area contributed by atoms with Crippen molar-refractivity contribution in [3.8, 4) is 0 Å². The van der Waals surface area contributed by atoms with Crippen molar-refractivity contribution >= 4 is 27.3 Å². The van der Waals surface area contributed by atoms with Gasteiger partial charge in [-0.05, 0) is 67.3 Å². The fraction of sp³-hybridized carbons (Fsp3) is 0.280. The number of halogens is 5. The average molecular weight is 528 g/mol. The highest BCUT2D eigenvalue weighted by atomic mass is 35.5. The molecule has 1 N–H and O–H groups in total. The van der Waals surface area contributed by atoms with E-state index in [9.17, 15) is 31.1 Å². The lowest BCUT2D eigenvalue weighted by Gasteiger charge is -2.39. The minimum Gasteiger partial charge on any atom is -0.391 e. The lowest BCUT2D eigenvalue weighted by molar-refractivity contribution is -0.137. The third-order valence-electron chi connectivity index (χ3n) is 6.19. The SMILES string of the molecule is C[C@@H]1[C@@H](O)Cc2ccc(CCc3c(F)cccc3Cl)cc2N1S(=O)(=O)c1cccc(C(F)(F)F)c1. The van der Waals surface area contributed by atoms with E-state index in [-0.39, 0.29) is 23.6 Å². The number of alkyl halides is 3. The van der Waals surface area contributed by atoms with Gasteiger partial charge in [0.05, 0.1) is 28.3 Å². The lowest BCUT2D eigenvalue weighted by atomic mass is 9.93. The smallest absolute Gasteiger partial charge is 0.391 e. The van der Waals surface area contributed by atoms with Crippen molar-refractivity contribution in [2.24, 2.45) is 0 Å². The third kappa shape index (κ3) is 5.03. The van der Waals surface area contributed by atoms with Gasteiger partial charge in [0.2, 0.25) is 0 Å². The van der Waals surface area contributed by atoms with Crippen molar-refractivity contribution in [3.05, 3.63) is 93.8 Å². The van der Waals surface area contributed by atoms with Gasteiger partial charge in [0, 0.05) is 17.0 Å². The van der Waals surface area contributed by atoms with Gasteiger partial charge in [-0.15, -0.1) is 0 Å². The Morgan fingerprint density at radius 1 is 1.06 bits per heavy atom. The number of aliphatic hydroxyl groups is 1. The molecule has 0 saturated carbocycles. The number of sulfonamides is 1.